The van der Waals surface area contributed by atoms with Crippen molar-refractivity contribution in [2.75, 3.05) is 19.1 Å². The van der Waals surface area contributed by atoms with Crippen molar-refractivity contribution in [2.24, 2.45) is 0 Å². The Balaban J connectivity index is 1.91. The number of aliphatic hydroxyl groups is 1. The van der Waals surface area contributed by atoms with Gasteiger partial charge in [-0.05, 0) is 55.8 Å². The zero-order valence-corrected chi connectivity index (χ0v) is 18.9. The van der Waals surface area contributed by atoms with Crippen molar-refractivity contribution < 1.29 is 24.2 Å². The maximum absolute atomic E-state index is 13.1. The minimum Gasteiger partial charge on any atom is -0.507 e. The van der Waals surface area contributed by atoms with Crippen LogP contribution in [0.5, 0.6) is 11.5 Å². The monoisotopic (exact) mass is 450 g/mol. The van der Waals surface area contributed by atoms with E-state index >= 15 is 0 Å². The summed E-state index contributed by atoms with van der Waals surface area (Å²) in [6, 6.07) is 12.9. The number of ether oxygens (including phenoxy) is 2. The standard InChI is InChI=1S/C24H22N2O5S/c1-13-14(2)32-24(25-13)26-20(15-5-9-17(30-3)10-6-15)19(22(28)23(26)29)21(27)16-7-11-18(31-4)12-8-16/h5-12,20,27H,1-4H3/b21-19+/t20-/m1/s1. The third-order valence-electron chi connectivity index (χ3n) is 5.46. The molecular weight excluding hydrogens is 428 g/mol. The van der Waals surface area contributed by atoms with Crippen LogP contribution in [0.4, 0.5) is 5.13 Å². The lowest BCUT2D eigenvalue weighted by molar-refractivity contribution is -0.132. The summed E-state index contributed by atoms with van der Waals surface area (Å²) in [7, 11) is 3.11. The molecule has 1 N–H and O–H groups in total. The largest absolute Gasteiger partial charge is 0.507 e. The third-order valence-corrected chi connectivity index (χ3v) is 6.53. The van der Waals surface area contributed by atoms with Gasteiger partial charge in [0.05, 0.1) is 31.5 Å². The molecule has 0 unspecified atom stereocenters. The summed E-state index contributed by atoms with van der Waals surface area (Å²) in [5, 5.41) is 11.5. The van der Waals surface area contributed by atoms with Crippen LogP contribution < -0.4 is 14.4 Å². The molecule has 1 aliphatic heterocycles. The van der Waals surface area contributed by atoms with Crippen molar-refractivity contribution in [1.82, 2.24) is 4.98 Å². The summed E-state index contributed by atoms with van der Waals surface area (Å²) in [5.74, 6) is -0.483. The number of nitrogens with zero attached hydrogens (tertiary/aromatic N) is 2. The van der Waals surface area contributed by atoms with Gasteiger partial charge < -0.3 is 14.6 Å². The van der Waals surface area contributed by atoms with Gasteiger partial charge in [-0.1, -0.05) is 12.1 Å². The van der Waals surface area contributed by atoms with Crippen LogP contribution in [0.25, 0.3) is 5.76 Å². The number of anilines is 1. The molecule has 4 rings (SSSR count). The molecule has 2 heterocycles. The highest BCUT2D eigenvalue weighted by Crippen LogP contribution is 2.44. The molecule has 32 heavy (non-hydrogen) atoms. The molecule has 1 atom stereocenters. The average Bonchev–Trinajstić information content (AvgIpc) is 3.28. The summed E-state index contributed by atoms with van der Waals surface area (Å²) in [5.41, 5.74) is 1.87. The lowest BCUT2D eigenvalue weighted by atomic mass is 9.95. The van der Waals surface area contributed by atoms with Crippen LogP contribution in [0, 0.1) is 13.8 Å². The van der Waals surface area contributed by atoms with Gasteiger partial charge in [0.2, 0.25) is 0 Å². The van der Waals surface area contributed by atoms with E-state index in [9.17, 15) is 14.7 Å². The Morgan fingerprint density at radius 3 is 2.03 bits per heavy atom. The topological polar surface area (TPSA) is 89.0 Å². The first kappa shape index (κ1) is 21.6. The third kappa shape index (κ3) is 3.62. The minimum atomic E-state index is -0.826. The molecule has 0 spiro atoms. The molecule has 164 valence electrons. The first-order valence-corrected chi connectivity index (χ1v) is 10.7. The van der Waals surface area contributed by atoms with Crippen molar-refractivity contribution in [1.29, 1.82) is 0 Å². The summed E-state index contributed by atoms with van der Waals surface area (Å²) in [6.07, 6.45) is 0. The molecule has 1 fully saturated rings. The van der Waals surface area contributed by atoms with Crippen molar-refractivity contribution in [3.8, 4) is 11.5 Å². The summed E-state index contributed by atoms with van der Waals surface area (Å²) in [4.78, 5) is 33.1. The van der Waals surface area contributed by atoms with E-state index in [0.29, 0.717) is 27.8 Å². The van der Waals surface area contributed by atoms with E-state index in [1.165, 1.54) is 16.2 Å². The van der Waals surface area contributed by atoms with Crippen LogP contribution in [0.1, 0.15) is 27.7 Å². The number of aryl methyl sites for hydroxylation is 2. The maximum atomic E-state index is 13.1. The Bertz CT molecular complexity index is 1190. The zero-order valence-electron chi connectivity index (χ0n) is 18.1. The van der Waals surface area contributed by atoms with Gasteiger partial charge in [0, 0.05) is 10.4 Å². The van der Waals surface area contributed by atoms with E-state index in [1.54, 1.807) is 62.8 Å². The Morgan fingerprint density at radius 2 is 1.53 bits per heavy atom. The van der Waals surface area contributed by atoms with Crippen LogP contribution >= 0.6 is 11.3 Å². The normalized spacial score (nSPS) is 17.6. The number of rotatable bonds is 5. The van der Waals surface area contributed by atoms with Crippen LogP contribution in [0.15, 0.2) is 54.1 Å². The van der Waals surface area contributed by atoms with E-state index in [-0.39, 0.29) is 11.3 Å². The average molecular weight is 451 g/mol. The molecule has 1 aromatic heterocycles. The Hall–Kier alpha value is -3.65. The number of carbonyl (C=O) groups excluding carboxylic acids is 2. The van der Waals surface area contributed by atoms with Crippen molar-refractivity contribution >= 4 is 33.9 Å². The number of aromatic nitrogens is 1. The first-order valence-electron chi connectivity index (χ1n) is 9.89. The number of hydrogen-bond donors (Lipinski definition) is 1. The Labute approximate surface area is 189 Å². The molecule has 0 radical (unpaired) electrons. The predicted octanol–water partition coefficient (Wildman–Crippen LogP) is 4.40. The number of benzene rings is 2. The first-order chi connectivity index (χ1) is 15.3. The highest BCUT2D eigenvalue weighted by Gasteiger charge is 2.48. The number of thiazole rings is 1. The second-order valence-corrected chi connectivity index (χ2v) is 8.49. The molecule has 0 bridgehead atoms. The van der Waals surface area contributed by atoms with Crippen molar-refractivity contribution in [3.05, 3.63) is 75.8 Å². The van der Waals surface area contributed by atoms with E-state index in [0.717, 1.165) is 10.6 Å². The minimum absolute atomic E-state index is 0.0100. The predicted molar refractivity (Wildman–Crippen MR) is 122 cm³/mol. The van der Waals surface area contributed by atoms with E-state index in [4.69, 9.17) is 9.47 Å². The van der Waals surface area contributed by atoms with Gasteiger partial charge in [-0.25, -0.2) is 4.98 Å². The fourth-order valence-corrected chi connectivity index (χ4v) is 4.53. The summed E-state index contributed by atoms with van der Waals surface area (Å²) in [6.45, 7) is 3.76. The molecular formula is C24H22N2O5S. The number of amides is 1. The lowest BCUT2D eigenvalue weighted by Gasteiger charge is -2.23. The quantitative estimate of drug-likeness (QED) is 0.352. The van der Waals surface area contributed by atoms with E-state index < -0.39 is 17.7 Å². The molecule has 0 aliphatic carbocycles. The molecule has 0 saturated carbocycles. The number of methoxy groups -OCH3 is 2. The Morgan fingerprint density at radius 1 is 0.969 bits per heavy atom. The van der Waals surface area contributed by atoms with Crippen LogP contribution in [-0.4, -0.2) is 36.0 Å². The number of Topliss-reactive ketones (excluding diaryl/α,β-unsaturated/α-hetero) is 1. The zero-order chi connectivity index (χ0) is 23.0. The molecule has 1 amide bonds. The van der Waals surface area contributed by atoms with Gasteiger partial charge in [-0.15, -0.1) is 11.3 Å². The van der Waals surface area contributed by atoms with Gasteiger partial charge in [0.25, 0.3) is 5.78 Å². The second-order valence-electron chi connectivity index (χ2n) is 7.31. The van der Waals surface area contributed by atoms with Gasteiger partial charge in [-0.3, -0.25) is 14.5 Å². The lowest BCUT2D eigenvalue weighted by Crippen LogP contribution is -2.29. The maximum Gasteiger partial charge on any atom is 0.301 e. The van der Waals surface area contributed by atoms with E-state index in [1.807, 2.05) is 13.8 Å². The molecule has 8 heteroatoms. The number of ketones is 1. The number of hydrogen-bond acceptors (Lipinski definition) is 7. The molecule has 2 aromatic carbocycles. The molecule has 1 saturated heterocycles. The SMILES string of the molecule is COc1ccc(/C(O)=C2\C(=O)C(=O)N(c3nc(C)c(C)s3)[C@@H]2c2ccc(OC)cc2)cc1. The summed E-state index contributed by atoms with van der Waals surface area (Å²) < 4.78 is 10.4. The molecule has 3 aromatic rings. The van der Waals surface area contributed by atoms with Gasteiger partial charge in [0.15, 0.2) is 5.13 Å². The fraction of sp³-hybridized carbons (Fsp3) is 0.208. The van der Waals surface area contributed by atoms with Crippen LogP contribution in [0.3, 0.4) is 0 Å². The fourth-order valence-electron chi connectivity index (χ4n) is 3.59. The van der Waals surface area contributed by atoms with Gasteiger partial charge in [-0.2, -0.15) is 0 Å². The van der Waals surface area contributed by atoms with Gasteiger partial charge >= 0.3 is 5.91 Å². The smallest absolute Gasteiger partial charge is 0.301 e. The van der Waals surface area contributed by atoms with E-state index in [2.05, 4.69) is 4.98 Å². The number of aliphatic hydroxyl groups excluding tert-OH is 1. The van der Waals surface area contributed by atoms with Crippen LogP contribution in [-0.2, 0) is 9.59 Å². The molecule has 7 nitrogen and oxygen atoms in total. The van der Waals surface area contributed by atoms with Gasteiger partial charge in [0.1, 0.15) is 17.3 Å². The van der Waals surface area contributed by atoms with Crippen LogP contribution in [0.2, 0.25) is 0 Å². The van der Waals surface area contributed by atoms with Crippen molar-refractivity contribution in [2.45, 2.75) is 19.9 Å². The van der Waals surface area contributed by atoms with Crippen molar-refractivity contribution in [3.63, 3.8) is 0 Å². The second kappa shape index (κ2) is 8.47. The highest BCUT2D eigenvalue weighted by atomic mass is 32.1. The Kier molecular flexibility index (Phi) is 5.71. The highest BCUT2D eigenvalue weighted by molar-refractivity contribution is 7.16. The summed E-state index contributed by atoms with van der Waals surface area (Å²) >= 11 is 1.33. The number of carbonyl (C=O) groups is 2. The molecule has 1 aliphatic rings.